The van der Waals surface area contributed by atoms with E-state index in [9.17, 15) is 9.59 Å². The molecule has 2 N–H and O–H groups in total. The molecule has 1 unspecified atom stereocenters. The number of benzene rings is 2. The molecule has 0 aliphatic rings. The van der Waals surface area contributed by atoms with Gasteiger partial charge < -0.3 is 15.5 Å². The minimum atomic E-state index is -0.634. The molecule has 26 heavy (non-hydrogen) atoms. The molecular formula is C21H27N3O2. The summed E-state index contributed by atoms with van der Waals surface area (Å²) in [4.78, 5) is 26.7. The second-order valence-corrected chi connectivity index (χ2v) is 6.48. The van der Waals surface area contributed by atoms with Crippen LogP contribution in [0.15, 0.2) is 54.6 Å². The fourth-order valence-electron chi connectivity index (χ4n) is 2.77. The molecule has 2 aromatic rings. The molecule has 1 atom stereocenters. The van der Waals surface area contributed by atoms with Crippen LogP contribution in [0.2, 0.25) is 0 Å². The Labute approximate surface area is 155 Å². The number of amides is 2. The molecule has 2 amide bonds. The lowest BCUT2D eigenvalue weighted by Gasteiger charge is -2.27. The van der Waals surface area contributed by atoms with Crippen molar-refractivity contribution in [2.24, 2.45) is 0 Å². The molecule has 5 nitrogen and oxygen atoms in total. The zero-order valence-electron chi connectivity index (χ0n) is 15.8. The zero-order valence-corrected chi connectivity index (χ0v) is 15.8. The maximum absolute atomic E-state index is 12.3. The van der Waals surface area contributed by atoms with E-state index < -0.39 is 6.04 Å². The molecule has 0 radical (unpaired) electrons. The zero-order chi connectivity index (χ0) is 19.1. The van der Waals surface area contributed by atoms with Crippen LogP contribution >= 0.6 is 0 Å². The number of hydrogen-bond acceptors (Lipinski definition) is 3. The minimum absolute atomic E-state index is 0.252. The van der Waals surface area contributed by atoms with Crippen LogP contribution in [0.4, 0.5) is 11.4 Å². The molecule has 0 saturated heterocycles. The van der Waals surface area contributed by atoms with Gasteiger partial charge in [-0.2, -0.15) is 0 Å². The third kappa shape index (κ3) is 5.09. The Bertz CT molecular complexity index is 727. The third-order valence-corrected chi connectivity index (χ3v) is 4.21. The van der Waals surface area contributed by atoms with E-state index in [1.807, 2.05) is 30.3 Å². The largest absolute Gasteiger partial charge is 0.369 e. The van der Waals surface area contributed by atoms with Crippen molar-refractivity contribution < 1.29 is 9.59 Å². The molecule has 2 aromatic carbocycles. The predicted octanol–water partition coefficient (Wildman–Crippen LogP) is 3.68. The van der Waals surface area contributed by atoms with Crippen molar-refractivity contribution in [2.75, 3.05) is 16.8 Å². The van der Waals surface area contributed by atoms with Crippen LogP contribution in [0.3, 0.4) is 0 Å². The van der Waals surface area contributed by atoms with Crippen molar-refractivity contribution in [3.63, 3.8) is 0 Å². The molecule has 0 aromatic heterocycles. The summed E-state index contributed by atoms with van der Waals surface area (Å²) in [7, 11) is 0. The second-order valence-electron chi connectivity index (χ2n) is 6.48. The highest BCUT2D eigenvalue weighted by molar-refractivity contribution is 6.00. The Balaban J connectivity index is 1.95. The summed E-state index contributed by atoms with van der Waals surface area (Å²) in [5, 5.41) is 5.55. The summed E-state index contributed by atoms with van der Waals surface area (Å²) in [5.74, 6) is -0.516. The summed E-state index contributed by atoms with van der Waals surface area (Å²) in [6, 6.07) is 16.4. The highest BCUT2D eigenvalue weighted by atomic mass is 16.2. The van der Waals surface area contributed by atoms with Crippen molar-refractivity contribution in [1.82, 2.24) is 5.32 Å². The first-order valence-electron chi connectivity index (χ1n) is 8.95. The average Bonchev–Trinajstić information content (AvgIpc) is 2.64. The van der Waals surface area contributed by atoms with E-state index in [0.717, 1.165) is 12.2 Å². The molecule has 0 spiro atoms. The number of carbonyl (C=O) groups excluding carboxylic acids is 2. The minimum Gasteiger partial charge on any atom is -0.369 e. The summed E-state index contributed by atoms with van der Waals surface area (Å²) >= 11 is 0. The topological polar surface area (TPSA) is 61.4 Å². The van der Waals surface area contributed by atoms with E-state index in [0.29, 0.717) is 17.3 Å². The fourth-order valence-corrected chi connectivity index (χ4v) is 2.77. The van der Waals surface area contributed by atoms with E-state index in [4.69, 9.17) is 0 Å². The van der Waals surface area contributed by atoms with Gasteiger partial charge in [0.2, 0.25) is 5.91 Å². The molecule has 2 rings (SSSR count). The third-order valence-electron chi connectivity index (χ3n) is 4.21. The van der Waals surface area contributed by atoms with Gasteiger partial charge in [0.1, 0.15) is 6.04 Å². The van der Waals surface area contributed by atoms with E-state index >= 15 is 0 Å². The number of rotatable bonds is 7. The molecule has 0 fully saturated rings. The second kappa shape index (κ2) is 9.04. The standard InChI is InChI=1S/C21H27N3O2/c1-5-24(15(2)3)19-13-11-18(12-14-19)23-20(25)16(4)22-21(26)17-9-7-6-8-10-17/h6-16H,5H2,1-4H3,(H,22,26)(H,23,25). The monoisotopic (exact) mass is 353 g/mol. The van der Waals surface area contributed by atoms with Crippen molar-refractivity contribution >= 4 is 23.2 Å². The van der Waals surface area contributed by atoms with Gasteiger partial charge in [-0.05, 0) is 64.1 Å². The summed E-state index contributed by atoms with van der Waals surface area (Å²) in [6.07, 6.45) is 0. The molecule has 0 bridgehead atoms. The Hall–Kier alpha value is -2.82. The average molecular weight is 353 g/mol. The number of nitrogens with one attached hydrogen (secondary N) is 2. The Morgan fingerprint density at radius 3 is 2.12 bits per heavy atom. The van der Waals surface area contributed by atoms with E-state index in [1.54, 1.807) is 31.2 Å². The first-order chi connectivity index (χ1) is 12.4. The van der Waals surface area contributed by atoms with Crippen molar-refractivity contribution in [3.05, 3.63) is 60.2 Å². The molecule has 0 heterocycles. The van der Waals surface area contributed by atoms with Gasteiger partial charge in [-0.1, -0.05) is 18.2 Å². The van der Waals surface area contributed by atoms with Crippen LogP contribution in [0, 0.1) is 0 Å². The van der Waals surface area contributed by atoms with Crippen molar-refractivity contribution in [3.8, 4) is 0 Å². The van der Waals surface area contributed by atoms with Crippen molar-refractivity contribution in [1.29, 1.82) is 0 Å². The lowest BCUT2D eigenvalue weighted by atomic mass is 10.2. The highest BCUT2D eigenvalue weighted by Crippen LogP contribution is 2.20. The Kier molecular flexibility index (Phi) is 6.78. The van der Waals surface area contributed by atoms with Gasteiger partial charge in [0.15, 0.2) is 0 Å². The highest BCUT2D eigenvalue weighted by Gasteiger charge is 2.17. The molecule has 5 heteroatoms. The molecular weight excluding hydrogens is 326 g/mol. The first-order valence-corrected chi connectivity index (χ1v) is 8.95. The Morgan fingerprint density at radius 1 is 0.962 bits per heavy atom. The predicted molar refractivity (Wildman–Crippen MR) is 107 cm³/mol. The number of carbonyl (C=O) groups is 2. The Morgan fingerprint density at radius 2 is 1.58 bits per heavy atom. The van der Waals surface area contributed by atoms with E-state index in [1.165, 1.54) is 0 Å². The van der Waals surface area contributed by atoms with Crippen molar-refractivity contribution in [2.45, 2.75) is 39.8 Å². The molecule has 0 aliphatic carbocycles. The maximum atomic E-state index is 12.3. The summed E-state index contributed by atoms with van der Waals surface area (Å²) < 4.78 is 0. The van der Waals surface area contributed by atoms with Crippen LogP contribution < -0.4 is 15.5 Å². The number of anilines is 2. The van der Waals surface area contributed by atoms with Gasteiger partial charge in [0.05, 0.1) is 0 Å². The van der Waals surface area contributed by atoms with Gasteiger partial charge in [-0.15, -0.1) is 0 Å². The van der Waals surface area contributed by atoms with Crippen LogP contribution in [-0.4, -0.2) is 30.4 Å². The van der Waals surface area contributed by atoms with Crippen LogP contribution in [0.1, 0.15) is 38.1 Å². The van der Waals surface area contributed by atoms with E-state index in [2.05, 4.69) is 36.3 Å². The SMILES string of the molecule is CCN(c1ccc(NC(=O)C(C)NC(=O)c2ccccc2)cc1)C(C)C. The number of nitrogens with zero attached hydrogens (tertiary/aromatic N) is 1. The molecule has 138 valence electrons. The summed E-state index contributed by atoms with van der Waals surface area (Å²) in [6.45, 7) is 9.01. The van der Waals surface area contributed by atoms with Gasteiger partial charge in [0.25, 0.3) is 5.91 Å². The normalized spacial score (nSPS) is 11.7. The van der Waals surface area contributed by atoms with Crippen LogP contribution in [0.25, 0.3) is 0 Å². The first kappa shape index (κ1) is 19.5. The molecule has 0 aliphatic heterocycles. The van der Waals surface area contributed by atoms with Gasteiger partial charge in [0, 0.05) is 29.5 Å². The van der Waals surface area contributed by atoms with E-state index in [-0.39, 0.29) is 11.8 Å². The lowest BCUT2D eigenvalue weighted by Crippen LogP contribution is -2.41. The molecule has 0 saturated carbocycles. The quantitative estimate of drug-likeness (QED) is 0.798. The smallest absolute Gasteiger partial charge is 0.251 e. The number of hydrogen-bond donors (Lipinski definition) is 2. The maximum Gasteiger partial charge on any atom is 0.251 e. The van der Waals surface area contributed by atoms with Crippen LogP contribution in [-0.2, 0) is 4.79 Å². The fraction of sp³-hybridized carbons (Fsp3) is 0.333. The van der Waals surface area contributed by atoms with Crippen LogP contribution in [0.5, 0.6) is 0 Å². The van der Waals surface area contributed by atoms with Gasteiger partial charge in [-0.25, -0.2) is 0 Å². The lowest BCUT2D eigenvalue weighted by molar-refractivity contribution is -0.117. The summed E-state index contributed by atoms with van der Waals surface area (Å²) in [5.41, 5.74) is 2.36. The van der Waals surface area contributed by atoms with Gasteiger partial charge >= 0.3 is 0 Å². The van der Waals surface area contributed by atoms with Gasteiger partial charge in [-0.3, -0.25) is 9.59 Å².